The molecule has 0 spiro atoms. The van der Waals surface area contributed by atoms with E-state index in [1.807, 2.05) is 12.2 Å². The number of carbonyl (C=O) groups is 5. The van der Waals surface area contributed by atoms with Gasteiger partial charge in [-0.15, -0.1) is 0 Å². The third-order valence-electron chi connectivity index (χ3n) is 10.3. The number of hydrogen-bond acceptors (Lipinski definition) is 9. The standard InChI is InChI=1S/C36H47FN4O9S/c1-35(2,3)50-34(46)38-28-13-8-6-4-5-7-11-23-19-36(23,33(45)40-51(47,48)25-14-15-25)39-30(42)29-18-24(20-41(29)31(28)43)49-32(44)22-16-21-10-9-12-27(37)26(21)17-22/h7,9-12,22-25,28-29H,4-6,8,13-20H2,1-3H3,(H,38,46)(H,39,42)(H,40,45)/t22?,23-,24-,28+,29+,36-/m1/s1. The first-order valence-corrected chi connectivity index (χ1v) is 19.4. The van der Waals surface area contributed by atoms with Crippen LogP contribution in [0.4, 0.5) is 9.18 Å². The van der Waals surface area contributed by atoms with Crippen LogP contribution in [0.1, 0.15) is 89.7 Å². The fraction of sp³-hybridized carbons (Fsp3) is 0.639. The maximum atomic E-state index is 14.4. The van der Waals surface area contributed by atoms with E-state index in [1.54, 1.807) is 32.9 Å². The number of esters is 1. The van der Waals surface area contributed by atoms with E-state index >= 15 is 0 Å². The molecule has 0 aromatic heterocycles. The van der Waals surface area contributed by atoms with Crippen LogP contribution in [0.5, 0.6) is 0 Å². The zero-order valence-corrected chi connectivity index (χ0v) is 30.1. The predicted octanol–water partition coefficient (Wildman–Crippen LogP) is 2.95. The van der Waals surface area contributed by atoms with Crippen molar-refractivity contribution in [3.05, 3.63) is 47.3 Å². The number of rotatable bonds is 6. The van der Waals surface area contributed by atoms with Crippen molar-refractivity contribution in [3.8, 4) is 0 Å². The van der Waals surface area contributed by atoms with Crippen molar-refractivity contribution in [1.29, 1.82) is 0 Å². The maximum Gasteiger partial charge on any atom is 0.408 e. The van der Waals surface area contributed by atoms with Gasteiger partial charge in [0.2, 0.25) is 21.8 Å². The SMILES string of the molecule is CC(C)(C)OC(=O)N[C@H]1CCCCCC=C[C@@H]2C[C@@]2(C(=O)NS(=O)(=O)C2CC2)NC(=O)[C@@H]2C[C@@H](OC(=O)C3Cc4cccc(F)c4C3)CN2C1=O. The smallest absolute Gasteiger partial charge is 0.408 e. The Morgan fingerprint density at radius 2 is 1.82 bits per heavy atom. The first-order chi connectivity index (χ1) is 24.1. The minimum Gasteiger partial charge on any atom is -0.460 e. The van der Waals surface area contributed by atoms with Crippen LogP contribution in [0.25, 0.3) is 0 Å². The molecule has 2 aliphatic heterocycles. The van der Waals surface area contributed by atoms with Gasteiger partial charge >= 0.3 is 12.1 Å². The molecule has 15 heteroatoms. The van der Waals surface area contributed by atoms with E-state index in [-0.39, 0.29) is 32.2 Å². The molecule has 0 radical (unpaired) electrons. The summed E-state index contributed by atoms with van der Waals surface area (Å²) in [6, 6.07) is 2.42. The first-order valence-electron chi connectivity index (χ1n) is 17.9. The number of benzene rings is 1. The first kappa shape index (κ1) is 36.8. The Hall–Kier alpha value is -4.01. The van der Waals surface area contributed by atoms with Crippen LogP contribution in [0, 0.1) is 17.7 Å². The summed E-state index contributed by atoms with van der Waals surface area (Å²) in [6.07, 6.45) is 6.44. The Morgan fingerprint density at radius 1 is 1.06 bits per heavy atom. The zero-order chi connectivity index (χ0) is 36.7. The normalized spacial score (nSPS) is 29.7. The van der Waals surface area contributed by atoms with Crippen LogP contribution in [0.3, 0.4) is 0 Å². The lowest BCUT2D eigenvalue weighted by atomic mass is 10.0. The molecule has 6 rings (SSSR count). The number of allylic oxidation sites excluding steroid dienone is 1. The van der Waals surface area contributed by atoms with Crippen LogP contribution in [-0.2, 0) is 51.5 Å². The number of ether oxygens (including phenoxy) is 2. The highest BCUT2D eigenvalue weighted by Crippen LogP contribution is 2.46. The molecule has 2 saturated carbocycles. The summed E-state index contributed by atoms with van der Waals surface area (Å²) in [5.41, 5.74) is -1.20. The minimum atomic E-state index is -3.91. The number of fused-ring (bicyclic) bond motifs is 3. The van der Waals surface area contributed by atoms with Crippen LogP contribution >= 0.6 is 0 Å². The van der Waals surface area contributed by atoms with Crippen molar-refractivity contribution in [1.82, 2.24) is 20.3 Å². The molecule has 278 valence electrons. The molecule has 4 amide bonds. The molecular formula is C36H47FN4O9S. The fourth-order valence-corrected chi connectivity index (χ4v) is 8.70. The van der Waals surface area contributed by atoms with Crippen molar-refractivity contribution in [2.45, 2.75) is 126 Å². The van der Waals surface area contributed by atoms with Gasteiger partial charge in [0.15, 0.2) is 0 Å². The van der Waals surface area contributed by atoms with Gasteiger partial charge in [-0.2, -0.15) is 0 Å². The lowest BCUT2D eigenvalue weighted by Crippen LogP contribution is -2.58. The Balaban J connectivity index is 1.25. The molecule has 51 heavy (non-hydrogen) atoms. The van der Waals surface area contributed by atoms with Gasteiger partial charge in [-0.3, -0.25) is 23.9 Å². The Labute approximate surface area is 297 Å². The van der Waals surface area contributed by atoms with E-state index in [2.05, 4.69) is 15.4 Å². The fourth-order valence-electron chi connectivity index (χ4n) is 7.33. The lowest BCUT2D eigenvalue weighted by molar-refractivity contribution is -0.153. The molecule has 5 aliphatic rings. The molecule has 3 aliphatic carbocycles. The third kappa shape index (κ3) is 8.39. The average Bonchev–Trinajstić information content (AvgIpc) is 3.93. The molecular weight excluding hydrogens is 683 g/mol. The van der Waals surface area contributed by atoms with Gasteiger partial charge in [0, 0.05) is 12.3 Å². The summed E-state index contributed by atoms with van der Waals surface area (Å²) in [6.45, 7) is 4.93. The molecule has 6 atom stereocenters. The Morgan fingerprint density at radius 3 is 2.53 bits per heavy atom. The van der Waals surface area contributed by atoms with Gasteiger partial charge in [0.1, 0.15) is 35.1 Å². The van der Waals surface area contributed by atoms with E-state index < -0.39 is 92.0 Å². The molecule has 2 heterocycles. The van der Waals surface area contributed by atoms with Crippen LogP contribution in [0.2, 0.25) is 0 Å². The zero-order valence-electron chi connectivity index (χ0n) is 29.2. The van der Waals surface area contributed by atoms with Crippen LogP contribution in [-0.4, -0.2) is 84.2 Å². The van der Waals surface area contributed by atoms with Gasteiger partial charge in [-0.1, -0.05) is 37.1 Å². The van der Waals surface area contributed by atoms with Gasteiger partial charge in [0.05, 0.1) is 17.7 Å². The number of halogens is 1. The topological polar surface area (TPSA) is 177 Å². The van der Waals surface area contributed by atoms with Crippen molar-refractivity contribution in [2.75, 3.05) is 6.54 Å². The van der Waals surface area contributed by atoms with Gasteiger partial charge < -0.3 is 25.0 Å². The number of amides is 4. The van der Waals surface area contributed by atoms with Crippen molar-refractivity contribution >= 4 is 39.8 Å². The average molecular weight is 731 g/mol. The second-order valence-corrected chi connectivity index (χ2v) is 17.5. The molecule has 0 bridgehead atoms. The number of nitrogens with zero attached hydrogens (tertiary/aromatic N) is 1. The Kier molecular flexibility index (Phi) is 10.2. The monoisotopic (exact) mass is 730 g/mol. The Bertz CT molecular complexity index is 1720. The van der Waals surface area contributed by atoms with Gasteiger partial charge in [-0.25, -0.2) is 17.6 Å². The highest BCUT2D eigenvalue weighted by molar-refractivity contribution is 7.91. The summed E-state index contributed by atoms with van der Waals surface area (Å²) >= 11 is 0. The van der Waals surface area contributed by atoms with Crippen LogP contribution in [0.15, 0.2) is 30.4 Å². The predicted molar refractivity (Wildman–Crippen MR) is 182 cm³/mol. The lowest BCUT2D eigenvalue weighted by Gasteiger charge is -2.30. The van der Waals surface area contributed by atoms with Crippen molar-refractivity contribution < 1.29 is 46.3 Å². The van der Waals surface area contributed by atoms with Gasteiger partial charge in [0.25, 0.3) is 5.91 Å². The summed E-state index contributed by atoms with van der Waals surface area (Å²) in [5, 5.41) is 4.81. The molecule has 3 N–H and O–H groups in total. The summed E-state index contributed by atoms with van der Waals surface area (Å²) in [4.78, 5) is 69.6. The second-order valence-electron chi connectivity index (χ2n) is 15.5. The van der Waals surface area contributed by atoms with E-state index in [0.717, 1.165) is 18.4 Å². The van der Waals surface area contributed by atoms with Crippen molar-refractivity contribution in [3.63, 3.8) is 0 Å². The highest BCUT2D eigenvalue weighted by Gasteiger charge is 2.62. The molecule has 1 aromatic rings. The largest absolute Gasteiger partial charge is 0.460 e. The van der Waals surface area contributed by atoms with E-state index in [4.69, 9.17) is 9.47 Å². The van der Waals surface area contributed by atoms with E-state index in [0.29, 0.717) is 37.7 Å². The minimum absolute atomic E-state index is 0.102. The summed E-state index contributed by atoms with van der Waals surface area (Å²) in [7, 11) is -3.91. The molecule has 3 fully saturated rings. The number of carbonyl (C=O) groups excluding carboxylic acids is 5. The molecule has 1 aromatic carbocycles. The third-order valence-corrected chi connectivity index (χ3v) is 12.1. The summed E-state index contributed by atoms with van der Waals surface area (Å²) < 4.78 is 53.4. The molecule has 1 unspecified atom stereocenters. The quantitative estimate of drug-likeness (QED) is 0.294. The van der Waals surface area contributed by atoms with Crippen molar-refractivity contribution in [2.24, 2.45) is 11.8 Å². The number of hydrogen-bond donors (Lipinski definition) is 3. The second kappa shape index (κ2) is 14.2. The number of sulfonamides is 1. The summed E-state index contributed by atoms with van der Waals surface area (Å²) in [5.74, 6) is -4.20. The maximum absolute atomic E-state index is 14.4. The number of nitrogens with one attached hydrogen (secondary N) is 3. The van der Waals surface area contributed by atoms with Gasteiger partial charge in [-0.05, 0) is 89.3 Å². The van der Waals surface area contributed by atoms with E-state index in [9.17, 15) is 36.8 Å². The number of alkyl carbamates (subject to hydrolysis) is 1. The highest BCUT2D eigenvalue weighted by atomic mass is 32.2. The van der Waals surface area contributed by atoms with Crippen LogP contribution < -0.4 is 15.4 Å². The molecule has 13 nitrogen and oxygen atoms in total. The van der Waals surface area contributed by atoms with E-state index in [1.165, 1.54) is 11.0 Å². The molecule has 1 saturated heterocycles.